The zero-order valence-electron chi connectivity index (χ0n) is 9.61. The summed E-state index contributed by atoms with van der Waals surface area (Å²) < 4.78 is 0.881. The molecule has 0 radical (unpaired) electrons. The second-order valence-corrected chi connectivity index (χ2v) is 6.37. The van der Waals surface area contributed by atoms with Crippen LogP contribution in [0.1, 0.15) is 18.2 Å². The number of benzene rings is 1. The standard InChI is InChI=1S/C13H10BrCl2NO/c1-5-2-9-6(3-10(5)18)11-7(14)4-8(15)12(16)13(11)17-9/h4-5,17H,2-3H2,1H3. The number of rotatable bonds is 0. The van der Waals surface area contributed by atoms with Gasteiger partial charge in [-0.3, -0.25) is 4.79 Å². The van der Waals surface area contributed by atoms with Crippen molar-refractivity contribution < 1.29 is 4.79 Å². The maximum Gasteiger partial charge on any atom is 0.140 e. The SMILES string of the molecule is CC1Cc2[nH]c3c(Cl)c(Cl)cc(Br)c3c2CC1=O. The molecule has 3 rings (SSSR count). The Kier molecular flexibility index (Phi) is 2.96. The van der Waals surface area contributed by atoms with Crippen LogP contribution in [0, 0.1) is 5.92 Å². The lowest BCUT2D eigenvalue weighted by Crippen LogP contribution is -2.22. The highest BCUT2D eigenvalue weighted by Crippen LogP contribution is 2.40. The van der Waals surface area contributed by atoms with E-state index in [0.29, 0.717) is 16.5 Å². The van der Waals surface area contributed by atoms with E-state index in [0.717, 1.165) is 33.1 Å². The van der Waals surface area contributed by atoms with Crippen molar-refractivity contribution in [1.82, 2.24) is 4.98 Å². The van der Waals surface area contributed by atoms with Crippen molar-refractivity contribution in [3.63, 3.8) is 0 Å². The third-order valence-corrected chi connectivity index (χ3v) is 4.94. The molecule has 5 heteroatoms. The van der Waals surface area contributed by atoms with E-state index < -0.39 is 0 Å². The molecule has 1 aliphatic rings. The van der Waals surface area contributed by atoms with Crippen molar-refractivity contribution in [2.75, 3.05) is 0 Å². The number of aromatic nitrogens is 1. The van der Waals surface area contributed by atoms with Crippen LogP contribution in [-0.4, -0.2) is 10.8 Å². The van der Waals surface area contributed by atoms with E-state index >= 15 is 0 Å². The number of H-pyrrole nitrogens is 1. The van der Waals surface area contributed by atoms with Crippen LogP contribution in [0.25, 0.3) is 10.9 Å². The fraction of sp³-hybridized carbons (Fsp3) is 0.308. The zero-order chi connectivity index (χ0) is 13.0. The molecule has 1 heterocycles. The Bertz CT molecular complexity index is 677. The monoisotopic (exact) mass is 345 g/mol. The number of aromatic amines is 1. The third kappa shape index (κ3) is 1.72. The minimum atomic E-state index is 0.0681. The Morgan fingerprint density at radius 2 is 2.17 bits per heavy atom. The highest BCUT2D eigenvalue weighted by molar-refractivity contribution is 9.10. The number of carbonyl (C=O) groups is 1. The van der Waals surface area contributed by atoms with Crippen LogP contribution < -0.4 is 0 Å². The molecule has 0 amide bonds. The van der Waals surface area contributed by atoms with E-state index in [9.17, 15) is 4.79 Å². The largest absolute Gasteiger partial charge is 0.357 e. The average Bonchev–Trinajstić information content (AvgIpc) is 2.66. The second-order valence-electron chi connectivity index (χ2n) is 4.73. The van der Waals surface area contributed by atoms with Gasteiger partial charge < -0.3 is 4.98 Å². The number of halogens is 3. The smallest absolute Gasteiger partial charge is 0.140 e. The van der Waals surface area contributed by atoms with Gasteiger partial charge in [0, 0.05) is 27.9 Å². The van der Waals surface area contributed by atoms with E-state index in [4.69, 9.17) is 23.2 Å². The summed E-state index contributed by atoms with van der Waals surface area (Å²) in [6, 6.07) is 1.78. The van der Waals surface area contributed by atoms with Crippen LogP contribution in [0.3, 0.4) is 0 Å². The molecule has 0 fully saturated rings. The predicted molar refractivity (Wildman–Crippen MR) is 77.6 cm³/mol. The number of hydrogen-bond donors (Lipinski definition) is 1. The van der Waals surface area contributed by atoms with Gasteiger partial charge >= 0.3 is 0 Å². The average molecular weight is 347 g/mol. The van der Waals surface area contributed by atoms with Crippen LogP contribution in [0.2, 0.25) is 10.0 Å². The first-order valence-electron chi connectivity index (χ1n) is 5.68. The molecule has 1 aromatic carbocycles. The highest BCUT2D eigenvalue weighted by atomic mass is 79.9. The van der Waals surface area contributed by atoms with Crippen LogP contribution >= 0.6 is 39.1 Å². The molecular weight excluding hydrogens is 337 g/mol. The van der Waals surface area contributed by atoms with Crippen molar-refractivity contribution in [1.29, 1.82) is 0 Å². The molecule has 0 bridgehead atoms. The molecule has 1 atom stereocenters. The predicted octanol–water partition coefficient (Wildman–Crippen LogP) is 4.54. The molecule has 94 valence electrons. The summed E-state index contributed by atoms with van der Waals surface area (Å²) in [7, 11) is 0. The van der Waals surface area contributed by atoms with Crippen LogP contribution in [-0.2, 0) is 17.6 Å². The highest BCUT2D eigenvalue weighted by Gasteiger charge is 2.28. The molecule has 18 heavy (non-hydrogen) atoms. The first kappa shape index (κ1) is 12.5. The molecule has 2 nitrogen and oxygen atoms in total. The van der Waals surface area contributed by atoms with Gasteiger partial charge in [0.2, 0.25) is 0 Å². The molecule has 0 saturated heterocycles. The Morgan fingerprint density at radius 1 is 1.44 bits per heavy atom. The lowest BCUT2D eigenvalue weighted by atomic mass is 9.87. The van der Waals surface area contributed by atoms with Gasteiger partial charge in [-0.15, -0.1) is 0 Å². The van der Waals surface area contributed by atoms with Gasteiger partial charge in [-0.25, -0.2) is 0 Å². The summed E-state index contributed by atoms with van der Waals surface area (Å²) in [6.07, 6.45) is 1.20. The van der Waals surface area contributed by atoms with E-state index in [1.54, 1.807) is 6.07 Å². The topological polar surface area (TPSA) is 32.9 Å². The van der Waals surface area contributed by atoms with Gasteiger partial charge in [-0.05, 0) is 18.1 Å². The minimum absolute atomic E-state index is 0.0681. The van der Waals surface area contributed by atoms with Crippen molar-refractivity contribution in [3.8, 4) is 0 Å². The normalized spacial score (nSPS) is 19.3. The lowest BCUT2D eigenvalue weighted by molar-refractivity contribution is -0.122. The number of fused-ring (bicyclic) bond motifs is 3. The molecule has 2 aromatic rings. The van der Waals surface area contributed by atoms with Gasteiger partial charge in [0.25, 0.3) is 0 Å². The van der Waals surface area contributed by atoms with Crippen LogP contribution in [0.15, 0.2) is 10.5 Å². The number of hydrogen-bond acceptors (Lipinski definition) is 1. The summed E-state index contributed by atoms with van der Waals surface area (Å²) in [6.45, 7) is 1.96. The first-order chi connectivity index (χ1) is 8.49. The molecule has 0 aliphatic heterocycles. The molecule has 1 N–H and O–H groups in total. The van der Waals surface area contributed by atoms with Crippen LogP contribution in [0.4, 0.5) is 0 Å². The Morgan fingerprint density at radius 3 is 2.89 bits per heavy atom. The fourth-order valence-electron chi connectivity index (χ4n) is 2.52. The van der Waals surface area contributed by atoms with E-state index in [2.05, 4.69) is 20.9 Å². The summed E-state index contributed by atoms with van der Waals surface area (Å²) in [4.78, 5) is 15.2. The number of Topliss-reactive ketones (excluding diaryl/α,β-unsaturated/α-hetero) is 1. The Labute approximate surface area is 123 Å². The van der Waals surface area contributed by atoms with Gasteiger partial charge in [0.1, 0.15) is 5.78 Å². The molecule has 0 spiro atoms. The number of carbonyl (C=O) groups excluding carboxylic acids is 1. The van der Waals surface area contributed by atoms with Gasteiger partial charge in [0.05, 0.1) is 15.6 Å². The van der Waals surface area contributed by atoms with E-state index in [1.807, 2.05) is 6.92 Å². The summed E-state index contributed by atoms with van der Waals surface area (Å²) in [5, 5.41) is 2.01. The summed E-state index contributed by atoms with van der Waals surface area (Å²) in [5.74, 6) is 0.347. The first-order valence-corrected chi connectivity index (χ1v) is 7.23. The Hall–Kier alpha value is -0.510. The third-order valence-electron chi connectivity index (χ3n) is 3.52. The van der Waals surface area contributed by atoms with Crippen molar-refractivity contribution in [3.05, 3.63) is 31.8 Å². The number of ketones is 1. The van der Waals surface area contributed by atoms with Gasteiger partial charge in [0.15, 0.2) is 0 Å². The quantitative estimate of drug-likeness (QED) is 0.698. The Balaban J connectivity index is 2.35. The molecular formula is C13H10BrCl2NO. The van der Waals surface area contributed by atoms with Crippen molar-refractivity contribution in [2.45, 2.75) is 19.8 Å². The van der Waals surface area contributed by atoms with Crippen molar-refractivity contribution in [2.24, 2.45) is 5.92 Å². The number of nitrogens with one attached hydrogen (secondary N) is 1. The lowest BCUT2D eigenvalue weighted by Gasteiger charge is -2.17. The van der Waals surface area contributed by atoms with E-state index in [-0.39, 0.29) is 11.7 Å². The zero-order valence-corrected chi connectivity index (χ0v) is 12.7. The summed E-state index contributed by atoms with van der Waals surface area (Å²) >= 11 is 15.8. The molecule has 0 saturated carbocycles. The minimum Gasteiger partial charge on any atom is -0.357 e. The van der Waals surface area contributed by atoms with Gasteiger partial charge in [-0.2, -0.15) is 0 Å². The summed E-state index contributed by atoms with van der Waals surface area (Å²) in [5.41, 5.74) is 2.98. The van der Waals surface area contributed by atoms with Crippen LogP contribution in [0.5, 0.6) is 0 Å². The second kappa shape index (κ2) is 4.26. The fourth-order valence-corrected chi connectivity index (χ4v) is 3.72. The van der Waals surface area contributed by atoms with Gasteiger partial charge in [-0.1, -0.05) is 46.1 Å². The van der Waals surface area contributed by atoms with Crippen molar-refractivity contribution >= 4 is 55.8 Å². The molecule has 1 aliphatic carbocycles. The molecule has 1 aromatic heterocycles. The molecule has 1 unspecified atom stereocenters. The maximum atomic E-state index is 11.9. The maximum absolute atomic E-state index is 11.9. The van der Waals surface area contributed by atoms with E-state index in [1.165, 1.54) is 0 Å².